The number of nitrogens with one attached hydrogen (secondary N) is 2. The topological polar surface area (TPSA) is 105 Å². The van der Waals surface area contributed by atoms with Gasteiger partial charge in [0.1, 0.15) is 11.5 Å². The first-order chi connectivity index (χ1) is 20.5. The highest BCUT2D eigenvalue weighted by molar-refractivity contribution is 5.96. The Labute approximate surface area is 241 Å². The number of morpholine rings is 1. The average Bonchev–Trinajstić information content (AvgIpc) is 2.99. The molecule has 0 atom stereocenters. The Morgan fingerprint density at radius 1 is 0.907 bits per heavy atom. The van der Waals surface area contributed by atoms with Crippen molar-refractivity contribution < 1.29 is 35.9 Å². The number of ether oxygens (including phenoxy) is 1. The van der Waals surface area contributed by atoms with Crippen LogP contribution in [0, 0.1) is 0 Å². The number of benzene rings is 1. The molecular formula is C28H25F6N7O2. The van der Waals surface area contributed by atoms with Crippen molar-refractivity contribution in [3.63, 3.8) is 0 Å². The van der Waals surface area contributed by atoms with E-state index in [1.165, 1.54) is 30.5 Å². The lowest BCUT2D eigenvalue weighted by atomic mass is 10.1. The maximum Gasteiger partial charge on any atom is 0.418 e. The maximum absolute atomic E-state index is 13.7. The normalized spacial score (nSPS) is 14.6. The van der Waals surface area contributed by atoms with Crippen LogP contribution >= 0.6 is 0 Å². The van der Waals surface area contributed by atoms with E-state index in [1.807, 2.05) is 0 Å². The van der Waals surface area contributed by atoms with Crippen LogP contribution in [0.25, 0.3) is 22.4 Å². The second-order valence-electron chi connectivity index (χ2n) is 9.62. The summed E-state index contributed by atoms with van der Waals surface area (Å²) in [7, 11) is 0. The van der Waals surface area contributed by atoms with Gasteiger partial charge in [-0.1, -0.05) is 0 Å². The van der Waals surface area contributed by atoms with Crippen molar-refractivity contribution in [3.05, 3.63) is 71.7 Å². The van der Waals surface area contributed by atoms with E-state index in [9.17, 15) is 31.1 Å². The molecule has 0 saturated carbocycles. The molecule has 1 aliphatic rings. The van der Waals surface area contributed by atoms with Crippen LogP contribution in [0.2, 0.25) is 0 Å². The molecule has 0 bridgehead atoms. The summed E-state index contributed by atoms with van der Waals surface area (Å²) in [5.41, 5.74) is -2.32. The molecule has 0 radical (unpaired) electrons. The van der Waals surface area contributed by atoms with Gasteiger partial charge >= 0.3 is 12.4 Å². The van der Waals surface area contributed by atoms with E-state index in [1.54, 1.807) is 0 Å². The first kappa shape index (κ1) is 30.1. The lowest BCUT2D eigenvalue weighted by Gasteiger charge is -2.26. The molecule has 4 aromatic rings. The number of nitrogens with zero attached hydrogens (tertiary/aromatic N) is 5. The van der Waals surface area contributed by atoms with Gasteiger partial charge in [0.2, 0.25) is 5.82 Å². The van der Waals surface area contributed by atoms with E-state index in [4.69, 9.17) is 4.74 Å². The lowest BCUT2D eigenvalue weighted by molar-refractivity contribution is -0.138. The lowest BCUT2D eigenvalue weighted by Crippen LogP contribution is -2.38. The molecule has 5 rings (SSSR count). The van der Waals surface area contributed by atoms with Gasteiger partial charge in [0.15, 0.2) is 5.65 Å². The maximum atomic E-state index is 13.7. The summed E-state index contributed by atoms with van der Waals surface area (Å²) in [6, 6.07) is 8.87. The molecule has 9 nitrogen and oxygen atoms in total. The molecule has 15 heteroatoms. The number of rotatable bonds is 8. The molecule has 43 heavy (non-hydrogen) atoms. The molecule has 1 saturated heterocycles. The number of halogens is 6. The molecule has 0 spiro atoms. The zero-order valence-electron chi connectivity index (χ0n) is 22.5. The zero-order valence-corrected chi connectivity index (χ0v) is 22.5. The quantitative estimate of drug-likeness (QED) is 0.206. The summed E-state index contributed by atoms with van der Waals surface area (Å²) >= 11 is 0. The van der Waals surface area contributed by atoms with Crippen molar-refractivity contribution >= 4 is 28.4 Å². The van der Waals surface area contributed by atoms with Gasteiger partial charge < -0.3 is 15.4 Å². The summed E-state index contributed by atoms with van der Waals surface area (Å²) in [5.74, 6) is -0.949. The Morgan fingerprint density at radius 2 is 1.65 bits per heavy atom. The number of carbonyl (C=O) groups is 1. The van der Waals surface area contributed by atoms with Crippen LogP contribution in [0.15, 0.2) is 54.7 Å². The number of hydrogen-bond donors (Lipinski definition) is 2. The van der Waals surface area contributed by atoms with Crippen molar-refractivity contribution in [2.24, 2.45) is 0 Å². The Hall–Kier alpha value is -4.37. The predicted molar refractivity (Wildman–Crippen MR) is 145 cm³/mol. The summed E-state index contributed by atoms with van der Waals surface area (Å²) < 4.78 is 85.4. The summed E-state index contributed by atoms with van der Waals surface area (Å²) in [6.07, 6.45) is -7.40. The molecule has 1 aliphatic heterocycles. The highest BCUT2D eigenvalue weighted by Crippen LogP contribution is 2.36. The second-order valence-corrected chi connectivity index (χ2v) is 9.62. The number of hydrogen-bond acceptors (Lipinski definition) is 8. The number of carbonyl (C=O) groups excluding carboxylic acids is 1. The highest BCUT2D eigenvalue weighted by atomic mass is 19.4. The van der Waals surface area contributed by atoms with Crippen LogP contribution in [-0.4, -0.2) is 70.1 Å². The van der Waals surface area contributed by atoms with Crippen molar-refractivity contribution in [1.82, 2.24) is 30.2 Å². The monoisotopic (exact) mass is 605 g/mol. The number of pyridine rings is 2. The fraction of sp³-hybridized carbons (Fsp3) is 0.321. The number of alkyl halides is 6. The third-order valence-corrected chi connectivity index (χ3v) is 6.63. The Bertz CT molecular complexity index is 1590. The van der Waals surface area contributed by atoms with Crippen molar-refractivity contribution in [2.45, 2.75) is 18.8 Å². The summed E-state index contributed by atoms with van der Waals surface area (Å²) in [4.78, 5) is 31.8. The zero-order chi connectivity index (χ0) is 30.6. The van der Waals surface area contributed by atoms with Crippen LogP contribution in [0.4, 0.5) is 37.8 Å². The molecule has 0 aliphatic carbocycles. The highest BCUT2D eigenvalue weighted by Gasteiger charge is 2.35. The first-order valence-corrected chi connectivity index (χ1v) is 13.2. The third-order valence-electron chi connectivity index (χ3n) is 6.63. The van der Waals surface area contributed by atoms with Gasteiger partial charge in [-0.05, 0) is 61.5 Å². The minimum atomic E-state index is -4.70. The van der Waals surface area contributed by atoms with Crippen molar-refractivity contribution in [3.8, 4) is 11.4 Å². The van der Waals surface area contributed by atoms with Gasteiger partial charge in [0, 0.05) is 31.5 Å². The molecule has 1 fully saturated rings. The largest absolute Gasteiger partial charge is 0.418 e. The van der Waals surface area contributed by atoms with Gasteiger partial charge in [-0.15, -0.1) is 0 Å². The SMILES string of the molecule is O=C(NCCCN1CCOCC1)c1nc(Nc2ccc(C(F)(F)F)cc2)c2ccc(-c3ncccc3C(F)(F)F)nc2n1. The van der Waals surface area contributed by atoms with Crippen LogP contribution in [0.3, 0.4) is 0 Å². The van der Waals surface area contributed by atoms with Crippen LogP contribution in [0.1, 0.15) is 28.2 Å². The van der Waals surface area contributed by atoms with Gasteiger partial charge in [0.25, 0.3) is 5.91 Å². The van der Waals surface area contributed by atoms with Crippen LogP contribution in [-0.2, 0) is 17.1 Å². The van der Waals surface area contributed by atoms with E-state index >= 15 is 0 Å². The Kier molecular flexibility index (Phi) is 8.73. The average molecular weight is 606 g/mol. The van der Waals surface area contributed by atoms with Gasteiger partial charge in [-0.25, -0.2) is 15.0 Å². The fourth-order valence-electron chi connectivity index (χ4n) is 4.46. The summed E-state index contributed by atoms with van der Waals surface area (Å²) in [6.45, 7) is 3.91. The van der Waals surface area contributed by atoms with Gasteiger partial charge in [-0.3, -0.25) is 14.7 Å². The van der Waals surface area contributed by atoms with Gasteiger partial charge in [-0.2, -0.15) is 26.3 Å². The Morgan fingerprint density at radius 3 is 2.35 bits per heavy atom. The number of anilines is 2. The summed E-state index contributed by atoms with van der Waals surface area (Å²) in [5, 5.41) is 5.82. The van der Waals surface area contributed by atoms with E-state index in [2.05, 4.69) is 35.5 Å². The smallest absolute Gasteiger partial charge is 0.379 e. The number of aromatic nitrogens is 4. The second kappa shape index (κ2) is 12.5. The molecule has 3 aromatic heterocycles. The number of fused-ring (bicyclic) bond motifs is 1. The molecule has 0 unspecified atom stereocenters. The van der Waals surface area contributed by atoms with E-state index < -0.39 is 35.1 Å². The van der Waals surface area contributed by atoms with E-state index in [-0.39, 0.29) is 34.1 Å². The first-order valence-electron chi connectivity index (χ1n) is 13.2. The predicted octanol–water partition coefficient (Wildman–Crippen LogP) is 5.32. The molecular weight excluding hydrogens is 580 g/mol. The molecule has 1 amide bonds. The molecule has 4 heterocycles. The standard InChI is InChI=1S/C28H25F6N7O2/c29-27(30,31)17-4-6-18(7-5-17)37-23-19-8-9-21(22-20(28(32,33)34)3-1-10-35-22)38-24(19)40-25(39-23)26(42)36-11-2-12-41-13-15-43-16-14-41/h1,3-10H,2,11-16H2,(H,36,42)(H,37,38,39,40). The van der Waals surface area contributed by atoms with E-state index in [0.717, 1.165) is 43.9 Å². The van der Waals surface area contributed by atoms with E-state index in [0.29, 0.717) is 26.2 Å². The Balaban J connectivity index is 1.46. The third kappa shape index (κ3) is 7.35. The number of amides is 1. The molecule has 2 N–H and O–H groups in total. The van der Waals surface area contributed by atoms with Gasteiger partial charge in [0.05, 0.1) is 35.4 Å². The molecule has 226 valence electrons. The fourth-order valence-corrected chi connectivity index (χ4v) is 4.46. The van der Waals surface area contributed by atoms with Crippen LogP contribution < -0.4 is 10.6 Å². The minimum Gasteiger partial charge on any atom is -0.379 e. The molecule has 1 aromatic carbocycles. The van der Waals surface area contributed by atoms with Crippen molar-refractivity contribution in [1.29, 1.82) is 0 Å². The van der Waals surface area contributed by atoms with Crippen molar-refractivity contribution in [2.75, 3.05) is 44.7 Å². The minimum absolute atomic E-state index is 0.0272. The van der Waals surface area contributed by atoms with Crippen LogP contribution in [0.5, 0.6) is 0 Å².